The van der Waals surface area contributed by atoms with Crippen LogP contribution in [0.4, 0.5) is 5.69 Å². The van der Waals surface area contributed by atoms with E-state index < -0.39 is 6.10 Å². The number of para-hydroxylation sites is 1. The van der Waals surface area contributed by atoms with Gasteiger partial charge in [-0.15, -0.1) is 0 Å². The van der Waals surface area contributed by atoms with Gasteiger partial charge in [-0.1, -0.05) is 42.8 Å². The number of rotatable bonds is 7. The molecule has 4 nitrogen and oxygen atoms in total. The summed E-state index contributed by atoms with van der Waals surface area (Å²) in [5, 5.41) is 11.1. The second kappa shape index (κ2) is 9.26. The molecule has 2 aromatic carbocycles. The summed E-state index contributed by atoms with van der Waals surface area (Å²) >= 11 is 6.29. The topological polar surface area (TPSA) is 35.9 Å². The van der Waals surface area contributed by atoms with Gasteiger partial charge in [0.1, 0.15) is 18.5 Å². The number of hydrogen-bond donors (Lipinski definition) is 1. The molecule has 0 bridgehead atoms. The summed E-state index contributed by atoms with van der Waals surface area (Å²) in [4.78, 5) is 4.59. The Morgan fingerprint density at radius 2 is 1.85 bits per heavy atom. The number of β-amino-alcohol motifs (C(OH)–C–C–N with tert-alkyl or cyclic N) is 1. The Balaban J connectivity index is 1.43. The van der Waals surface area contributed by atoms with Gasteiger partial charge < -0.3 is 14.7 Å². The third-order valence-electron chi connectivity index (χ3n) is 4.78. The number of halogens is 1. The fourth-order valence-corrected chi connectivity index (χ4v) is 3.53. The first-order chi connectivity index (χ1) is 12.7. The molecule has 5 heteroatoms. The number of benzene rings is 2. The van der Waals surface area contributed by atoms with Crippen LogP contribution in [0.5, 0.6) is 5.75 Å². The van der Waals surface area contributed by atoms with Crippen LogP contribution in [0, 0.1) is 0 Å². The zero-order valence-corrected chi connectivity index (χ0v) is 16.0. The molecule has 26 heavy (non-hydrogen) atoms. The van der Waals surface area contributed by atoms with Gasteiger partial charge in [-0.25, -0.2) is 0 Å². The molecule has 1 saturated heterocycles. The van der Waals surface area contributed by atoms with Gasteiger partial charge in [0.05, 0.1) is 10.7 Å². The van der Waals surface area contributed by atoms with Gasteiger partial charge in [-0.3, -0.25) is 4.90 Å². The number of nitrogens with zero attached hydrogens (tertiary/aromatic N) is 2. The summed E-state index contributed by atoms with van der Waals surface area (Å²) in [6, 6.07) is 16.0. The molecule has 0 amide bonds. The monoisotopic (exact) mass is 374 g/mol. The van der Waals surface area contributed by atoms with Crippen LogP contribution in [0.2, 0.25) is 5.02 Å². The number of ether oxygens (including phenoxy) is 1. The SMILES string of the molecule is CCc1cccc(OC[C@@H](O)CN2CCN(c3ccccc3Cl)CC2)c1. The smallest absolute Gasteiger partial charge is 0.119 e. The lowest BCUT2D eigenvalue weighted by atomic mass is 10.2. The maximum Gasteiger partial charge on any atom is 0.119 e. The van der Waals surface area contributed by atoms with E-state index in [1.807, 2.05) is 36.4 Å². The highest BCUT2D eigenvalue weighted by Gasteiger charge is 2.20. The minimum Gasteiger partial charge on any atom is -0.491 e. The van der Waals surface area contributed by atoms with Crippen LogP contribution in [0.1, 0.15) is 12.5 Å². The van der Waals surface area contributed by atoms with Crippen LogP contribution in [0.3, 0.4) is 0 Å². The van der Waals surface area contributed by atoms with Gasteiger partial charge in [0.2, 0.25) is 0 Å². The lowest BCUT2D eigenvalue weighted by molar-refractivity contribution is 0.0663. The van der Waals surface area contributed by atoms with E-state index in [0.717, 1.165) is 49.1 Å². The maximum atomic E-state index is 10.3. The third kappa shape index (κ3) is 5.13. The summed E-state index contributed by atoms with van der Waals surface area (Å²) < 4.78 is 5.75. The van der Waals surface area contributed by atoms with Crippen molar-refractivity contribution in [1.29, 1.82) is 0 Å². The van der Waals surface area contributed by atoms with E-state index >= 15 is 0 Å². The van der Waals surface area contributed by atoms with Gasteiger partial charge in [0.15, 0.2) is 0 Å². The van der Waals surface area contributed by atoms with Crippen molar-refractivity contribution in [3.05, 3.63) is 59.1 Å². The Hall–Kier alpha value is -1.75. The van der Waals surface area contributed by atoms with Crippen molar-refractivity contribution in [1.82, 2.24) is 4.90 Å². The zero-order valence-electron chi connectivity index (χ0n) is 15.3. The first-order valence-electron chi connectivity index (χ1n) is 9.27. The Labute approximate surface area is 160 Å². The van der Waals surface area contributed by atoms with Gasteiger partial charge in [-0.05, 0) is 36.2 Å². The molecule has 1 aliphatic heterocycles. The van der Waals surface area contributed by atoms with Crippen molar-refractivity contribution < 1.29 is 9.84 Å². The summed E-state index contributed by atoms with van der Waals surface area (Å²) in [6.45, 7) is 6.71. The lowest BCUT2D eigenvalue weighted by Gasteiger charge is -2.37. The number of aryl methyl sites for hydroxylation is 1. The summed E-state index contributed by atoms with van der Waals surface area (Å²) in [7, 11) is 0. The Morgan fingerprint density at radius 1 is 1.08 bits per heavy atom. The Morgan fingerprint density at radius 3 is 2.58 bits per heavy atom. The minimum atomic E-state index is -0.493. The first kappa shape index (κ1) is 19.0. The van der Waals surface area contributed by atoms with Gasteiger partial charge in [-0.2, -0.15) is 0 Å². The molecule has 1 fully saturated rings. The van der Waals surface area contributed by atoms with Crippen LogP contribution in [0.25, 0.3) is 0 Å². The van der Waals surface area contributed by atoms with Crippen LogP contribution in [-0.4, -0.2) is 55.4 Å². The quantitative estimate of drug-likeness (QED) is 0.805. The van der Waals surface area contributed by atoms with Crippen LogP contribution >= 0.6 is 11.6 Å². The molecule has 1 heterocycles. The maximum absolute atomic E-state index is 10.3. The molecule has 0 saturated carbocycles. The van der Waals surface area contributed by atoms with E-state index in [1.54, 1.807) is 0 Å². The summed E-state index contributed by atoms with van der Waals surface area (Å²) in [5.74, 6) is 0.826. The highest BCUT2D eigenvalue weighted by molar-refractivity contribution is 6.33. The van der Waals surface area contributed by atoms with Crippen LogP contribution in [0.15, 0.2) is 48.5 Å². The second-order valence-electron chi connectivity index (χ2n) is 6.70. The van der Waals surface area contributed by atoms with Crippen molar-refractivity contribution in [2.45, 2.75) is 19.4 Å². The Bertz CT molecular complexity index is 702. The summed E-state index contributed by atoms with van der Waals surface area (Å²) in [5.41, 5.74) is 2.33. The lowest BCUT2D eigenvalue weighted by Crippen LogP contribution is -2.49. The largest absolute Gasteiger partial charge is 0.491 e. The molecule has 1 atom stereocenters. The van der Waals surface area contributed by atoms with E-state index in [0.29, 0.717) is 13.2 Å². The molecular weight excluding hydrogens is 348 g/mol. The second-order valence-corrected chi connectivity index (χ2v) is 7.11. The first-order valence-corrected chi connectivity index (χ1v) is 9.65. The van der Waals surface area contributed by atoms with Crippen LogP contribution < -0.4 is 9.64 Å². The summed E-state index contributed by atoms with van der Waals surface area (Å²) in [6.07, 6.45) is 0.488. The molecule has 1 aliphatic rings. The average molecular weight is 375 g/mol. The van der Waals surface area contributed by atoms with Gasteiger partial charge >= 0.3 is 0 Å². The zero-order chi connectivity index (χ0) is 18.4. The molecular formula is C21H27ClN2O2. The normalized spacial score (nSPS) is 16.5. The van der Waals surface area contributed by atoms with E-state index in [-0.39, 0.29) is 0 Å². The van der Waals surface area contributed by atoms with E-state index in [2.05, 4.69) is 28.9 Å². The molecule has 2 aromatic rings. The predicted molar refractivity (Wildman–Crippen MR) is 107 cm³/mol. The molecule has 140 valence electrons. The van der Waals surface area contributed by atoms with Crippen LogP contribution in [-0.2, 0) is 6.42 Å². The van der Waals surface area contributed by atoms with E-state index in [9.17, 15) is 5.11 Å². The average Bonchev–Trinajstić information content (AvgIpc) is 2.68. The predicted octanol–water partition coefficient (Wildman–Crippen LogP) is 3.46. The van der Waals surface area contributed by atoms with Crippen molar-refractivity contribution in [3.63, 3.8) is 0 Å². The number of aliphatic hydroxyl groups is 1. The molecule has 0 aliphatic carbocycles. The van der Waals surface area contributed by atoms with Crippen molar-refractivity contribution in [2.75, 3.05) is 44.2 Å². The highest BCUT2D eigenvalue weighted by Crippen LogP contribution is 2.26. The number of anilines is 1. The van der Waals surface area contributed by atoms with Crippen molar-refractivity contribution in [3.8, 4) is 5.75 Å². The van der Waals surface area contributed by atoms with Crippen molar-refractivity contribution >= 4 is 17.3 Å². The fourth-order valence-electron chi connectivity index (χ4n) is 3.28. The van der Waals surface area contributed by atoms with Gasteiger partial charge in [0.25, 0.3) is 0 Å². The highest BCUT2D eigenvalue weighted by atomic mass is 35.5. The van der Waals surface area contributed by atoms with Crippen molar-refractivity contribution in [2.24, 2.45) is 0 Å². The fraction of sp³-hybridized carbons (Fsp3) is 0.429. The molecule has 0 radical (unpaired) electrons. The Kier molecular flexibility index (Phi) is 6.78. The molecule has 0 aromatic heterocycles. The number of aliphatic hydroxyl groups excluding tert-OH is 1. The molecule has 0 unspecified atom stereocenters. The van der Waals surface area contributed by atoms with E-state index in [4.69, 9.17) is 16.3 Å². The molecule has 1 N–H and O–H groups in total. The van der Waals surface area contributed by atoms with Gasteiger partial charge in [0, 0.05) is 32.7 Å². The number of piperazine rings is 1. The third-order valence-corrected chi connectivity index (χ3v) is 5.10. The standard InChI is InChI=1S/C21H27ClN2O2/c1-2-17-6-5-7-19(14-17)26-16-18(25)15-23-10-12-24(13-11-23)21-9-4-3-8-20(21)22/h3-9,14,18,25H,2,10-13,15-16H2,1H3/t18-/m0/s1. The number of hydrogen-bond acceptors (Lipinski definition) is 4. The minimum absolute atomic E-state index is 0.317. The molecule has 3 rings (SSSR count). The van der Waals surface area contributed by atoms with E-state index in [1.165, 1.54) is 5.56 Å². The molecule has 0 spiro atoms.